The molecule has 2 aliphatic heterocycles. The second kappa shape index (κ2) is 12.7. The molecule has 6 rings (SSSR count). The summed E-state index contributed by atoms with van der Waals surface area (Å²) < 4.78 is 56.8. The van der Waals surface area contributed by atoms with Crippen LogP contribution in [0.1, 0.15) is 19.4 Å². The van der Waals surface area contributed by atoms with Crippen molar-refractivity contribution in [2.24, 2.45) is 0 Å². The third-order valence-electron chi connectivity index (χ3n) is 7.12. The van der Waals surface area contributed by atoms with Gasteiger partial charge in [0.05, 0.1) is 22.3 Å². The smallest absolute Gasteiger partial charge is 0.352 e. The number of thioether (sulfide) groups is 1. The summed E-state index contributed by atoms with van der Waals surface area (Å²) in [5.41, 5.74) is -0.995. The van der Waals surface area contributed by atoms with Crippen molar-refractivity contribution in [3.05, 3.63) is 87.7 Å². The van der Waals surface area contributed by atoms with Crippen LogP contribution in [0.25, 0.3) is 27.5 Å². The fourth-order valence-corrected chi connectivity index (χ4v) is 7.71. The third kappa shape index (κ3) is 6.26. The number of carbonyl (C=O) groups excluding carboxylic acids is 1. The Bertz CT molecular complexity index is 1800. The second-order valence-electron chi connectivity index (χ2n) is 10.2. The van der Waals surface area contributed by atoms with Crippen molar-refractivity contribution in [1.82, 2.24) is 19.4 Å². The van der Waals surface area contributed by atoms with Gasteiger partial charge in [0.25, 0.3) is 0 Å². The molecule has 2 atom stereocenters. The molecule has 1 saturated heterocycles. The van der Waals surface area contributed by atoms with Crippen LogP contribution in [0, 0.1) is 5.82 Å². The van der Waals surface area contributed by atoms with Gasteiger partial charge >= 0.3 is 11.9 Å². The highest BCUT2D eigenvalue weighted by Gasteiger charge is 2.39. The molecular weight excluding hydrogens is 638 g/mol. The average Bonchev–Trinajstić information content (AvgIpc) is 3.27. The van der Waals surface area contributed by atoms with Crippen LogP contribution in [0.2, 0.25) is 5.02 Å². The number of pyridine rings is 1. The van der Waals surface area contributed by atoms with E-state index in [2.05, 4.69) is 16.5 Å². The van der Waals surface area contributed by atoms with Crippen molar-refractivity contribution in [1.29, 1.82) is 0 Å². The van der Waals surface area contributed by atoms with Gasteiger partial charge in [-0.25, -0.2) is 9.18 Å². The van der Waals surface area contributed by atoms with Crippen LogP contribution in [-0.2, 0) is 11.0 Å². The summed E-state index contributed by atoms with van der Waals surface area (Å²) in [6.45, 7) is 7.87. The summed E-state index contributed by atoms with van der Waals surface area (Å²) >= 11 is 8.46. The summed E-state index contributed by atoms with van der Waals surface area (Å²) in [7, 11) is 0. The number of thiophene rings is 1. The molecule has 4 aromatic rings. The van der Waals surface area contributed by atoms with Crippen LogP contribution in [-0.4, -0.2) is 56.3 Å². The summed E-state index contributed by atoms with van der Waals surface area (Å²) in [6.07, 6.45) is 2.58. The number of benzene rings is 1. The quantitative estimate of drug-likeness (QED) is 0.171. The number of hydrogen-bond donors (Lipinski definition) is 0. The van der Waals surface area contributed by atoms with Gasteiger partial charge in [0.15, 0.2) is 0 Å². The number of hydrogen-bond acceptors (Lipinski definition) is 7. The van der Waals surface area contributed by atoms with Gasteiger partial charge in [-0.05, 0) is 44.2 Å². The van der Waals surface area contributed by atoms with E-state index in [0.717, 1.165) is 17.4 Å². The number of aromatic nitrogens is 3. The number of carbonyl (C=O) groups is 1. The molecular formula is C30H26ClF4N5O2S2. The van der Waals surface area contributed by atoms with E-state index in [9.17, 15) is 27.2 Å². The number of alkyl halides is 3. The van der Waals surface area contributed by atoms with Gasteiger partial charge in [-0.1, -0.05) is 24.3 Å². The first-order chi connectivity index (χ1) is 20.9. The fourth-order valence-electron chi connectivity index (χ4n) is 5.45. The van der Waals surface area contributed by atoms with Crippen molar-refractivity contribution >= 4 is 63.5 Å². The van der Waals surface area contributed by atoms with Crippen molar-refractivity contribution in [2.45, 2.75) is 37.0 Å². The number of anilines is 1. The minimum absolute atomic E-state index is 0.0130. The molecule has 0 radical (unpaired) electrons. The van der Waals surface area contributed by atoms with Gasteiger partial charge in [0, 0.05) is 69.4 Å². The van der Waals surface area contributed by atoms with Gasteiger partial charge in [-0.3, -0.25) is 14.3 Å². The minimum Gasteiger partial charge on any atom is -0.352 e. The Morgan fingerprint density at radius 3 is 2.48 bits per heavy atom. The Hall–Kier alpha value is -3.68. The maximum absolute atomic E-state index is 14.6. The second-order valence-corrected chi connectivity index (χ2v) is 12.5. The molecule has 1 aromatic carbocycles. The lowest BCUT2D eigenvalue weighted by molar-refractivity contribution is -0.137. The van der Waals surface area contributed by atoms with Crippen molar-refractivity contribution in [2.75, 3.05) is 23.7 Å². The van der Waals surface area contributed by atoms with Crippen LogP contribution in [0.3, 0.4) is 0 Å². The van der Waals surface area contributed by atoms with E-state index in [4.69, 9.17) is 11.6 Å². The first kappa shape index (κ1) is 31.7. The number of rotatable bonds is 3. The van der Waals surface area contributed by atoms with Gasteiger partial charge in [0.1, 0.15) is 11.6 Å². The largest absolute Gasteiger partial charge is 0.417 e. The van der Waals surface area contributed by atoms with E-state index < -0.39 is 17.4 Å². The minimum atomic E-state index is -4.66. The number of amides is 1. The van der Waals surface area contributed by atoms with E-state index in [1.54, 1.807) is 33.5 Å². The monoisotopic (exact) mass is 663 g/mol. The Labute approximate surface area is 263 Å². The molecule has 230 valence electrons. The lowest BCUT2D eigenvalue weighted by atomic mass is 10.0. The SMILES string of the molecule is C=CC(=O)N1C(C)CN(c2nc(=O)n3c4c(c(-c5cc(Cl)cs5)c(C(F)(F)F)cc24)SCC=C3)CC1C.Fc1cccnc1. The van der Waals surface area contributed by atoms with Crippen molar-refractivity contribution in [3.63, 3.8) is 0 Å². The number of nitrogens with zero attached hydrogens (tertiary/aromatic N) is 5. The van der Waals surface area contributed by atoms with Crippen molar-refractivity contribution < 1.29 is 22.4 Å². The Balaban J connectivity index is 0.000000484. The molecule has 0 spiro atoms. The molecule has 5 heterocycles. The highest BCUT2D eigenvalue weighted by molar-refractivity contribution is 7.99. The molecule has 0 saturated carbocycles. The van der Waals surface area contributed by atoms with Crippen LogP contribution < -0.4 is 10.6 Å². The molecule has 44 heavy (non-hydrogen) atoms. The molecule has 0 N–H and O–H groups in total. The molecule has 1 fully saturated rings. The van der Waals surface area contributed by atoms with E-state index in [0.29, 0.717) is 39.2 Å². The van der Waals surface area contributed by atoms with Crippen LogP contribution in [0.15, 0.2) is 70.5 Å². The molecule has 2 aliphatic rings. The molecule has 7 nitrogen and oxygen atoms in total. The maximum atomic E-state index is 14.6. The zero-order valence-corrected chi connectivity index (χ0v) is 25.9. The van der Waals surface area contributed by atoms with E-state index >= 15 is 0 Å². The topological polar surface area (TPSA) is 71.3 Å². The summed E-state index contributed by atoms with van der Waals surface area (Å²) in [5.74, 6) is 0.0535. The Morgan fingerprint density at radius 2 is 1.93 bits per heavy atom. The molecule has 3 aromatic heterocycles. The number of piperazine rings is 1. The first-order valence-electron chi connectivity index (χ1n) is 13.4. The molecule has 2 unspecified atom stereocenters. The molecule has 14 heteroatoms. The Kier molecular flexibility index (Phi) is 9.19. The highest BCUT2D eigenvalue weighted by atomic mass is 35.5. The summed E-state index contributed by atoms with van der Waals surface area (Å²) in [4.78, 5) is 37.6. The van der Waals surface area contributed by atoms with E-state index in [-0.39, 0.29) is 40.6 Å². The first-order valence-corrected chi connectivity index (χ1v) is 15.6. The molecule has 0 bridgehead atoms. The summed E-state index contributed by atoms with van der Waals surface area (Å²) in [6, 6.07) is 4.97. The fraction of sp³-hybridized carbons (Fsp3) is 0.267. The average molecular weight is 664 g/mol. The maximum Gasteiger partial charge on any atom is 0.417 e. The highest BCUT2D eigenvalue weighted by Crippen LogP contribution is 2.49. The van der Waals surface area contributed by atoms with Crippen molar-refractivity contribution in [3.8, 4) is 10.4 Å². The van der Waals surface area contributed by atoms with Gasteiger partial charge in [-0.15, -0.1) is 23.1 Å². The lowest BCUT2D eigenvalue weighted by Gasteiger charge is -2.44. The third-order valence-corrected chi connectivity index (χ3v) is 9.46. The zero-order chi connectivity index (χ0) is 31.8. The van der Waals surface area contributed by atoms with Crippen LogP contribution in [0.4, 0.5) is 23.4 Å². The van der Waals surface area contributed by atoms with Crippen LogP contribution >= 0.6 is 34.7 Å². The van der Waals surface area contributed by atoms with Crippen LogP contribution in [0.5, 0.6) is 0 Å². The zero-order valence-electron chi connectivity index (χ0n) is 23.5. The van der Waals surface area contributed by atoms with E-state index in [1.165, 1.54) is 46.9 Å². The van der Waals surface area contributed by atoms with Gasteiger partial charge in [-0.2, -0.15) is 18.2 Å². The van der Waals surface area contributed by atoms with Gasteiger partial charge < -0.3 is 9.80 Å². The predicted molar refractivity (Wildman–Crippen MR) is 168 cm³/mol. The summed E-state index contributed by atoms with van der Waals surface area (Å²) in [5, 5.41) is 2.17. The van der Waals surface area contributed by atoms with E-state index in [1.807, 2.05) is 13.8 Å². The lowest BCUT2D eigenvalue weighted by Crippen LogP contribution is -2.58. The standard InChI is InChI=1S/C25H22ClF3N4O2S2.C5H4FN/c1-4-19(34)33-13(2)10-31(11-14(33)3)23-16-9-17(25(27,28)29)20(18-8-15(26)12-37-18)22-21(16)32(24(35)30-23)6-5-7-36-22;6-5-2-1-3-7-4-5/h4-6,8-9,12-14H,1,7,10-11H2,2-3H3;1-4H. The molecule has 1 amide bonds. The number of halogens is 5. The van der Waals surface area contributed by atoms with Gasteiger partial charge in [0.2, 0.25) is 5.91 Å². The molecule has 0 aliphatic carbocycles. The Morgan fingerprint density at radius 1 is 1.20 bits per heavy atom. The predicted octanol–water partition coefficient (Wildman–Crippen LogP) is 7.21. The normalized spacial score (nSPS) is 18.1.